The summed E-state index contributed by atoms with van der Waals surface area (Å²) in [4.78, 5) is 24.8. The van der Waals surface area contributed by atoms with Crippen LogP contribution in [0.2, 0.25) is 5.15 Å². The molecule has 0 aromatic carbocycles. The lowest BCUT2D eigenvalue weighted by atomic mass is 10.1. The molecule has 0 radical (unpaired) electrons. The third kappa shape index (κ3) is 2.91. The average Bonchev–Trinajstić information content (AvgIpc) is 2.38. The molecule has 0 aliphatic rings. The first-order chi connectivity index (χ1) is 9.38. The van der Waals surface area contributed by atoms with Gasteiger partial charge in [0, 0.05) is 36.1 Å². The molecule has 2 heterocycles. The number of nitrogens with one attached hydrogen (secondary N) is 1. The number of H-pyrrole nitrogens is 1. The van der Waals surface area contributed by atoms with Gasteiger partial charge < -0.3 is 15.6 Å². The first-order valence-electron chi connectivity index (χ1n) is 6.07. The second kappa shape index (κ2) is 5.50. The Morgan fingerprint density at radius 1 is 1.40 bits per heavy atom. The molecule has 20 heavy (non-hydrogen) atoms. The zero-order valence-electron chi connectivity index (χ0n) is 11.6. The van der Waals surface area contributed by atoms with Crippen molar-refractivity contribution in [3.63, 3.8) is 0 Å². The van der Waals surface area contributed by atoms with Crippen LogP contribution >= 0.6 is 11.6 Å². The Labute approximate surface area is 121 Å². The van der Waals surface area contributed by atoms with Crippen molar-refractivity contribution in [1.29, 1.82) is 0 Å². The quantitative estimate of drug-likeness (QED) is 0.840. The van der Waals surface area contributed by atoms with E-state index in [-0.39, 0.29) is 16.5 Å². The predicted molar refractivity (Wildman–Crippen MR) is 80.1 cm³/mol. The maximum atomic E-state index is 11.9. The third-order valence-corrected chi connectivity index (χ3v) is 3.29. The molecule has 0 bridgehead atoms. The number of rotatable bonds is 3. The Hall–Kier alpha value is -2.08. The number of aryl methyl sites for hydroxylation is 1. The lowest BCUT2D eigenvalue weighted by Crippen LogP contribution is -2.23. The fraction of sp³-hybridized carbons (Fsp3) is 0.308. The number of nitrogens with zero attached hydrogens (tertiary/aromatic N) is 3. The minimum Gasteiger partial charge on any atom is -0.368 e. The fourth-order valence-electron chi connectivity index (χ4n) is 1.90. The van der Waals surface area contributed by atoms with Crippen molar-refractivity contribution in [2.75, 3.05) is 17.7 Å². The van der Waals surface area contributed by atoms with Gasteiger partial charge in [-0.25, -0.2) is 4.98 Å². The van der Waals surface area contributed by atoms with Crippen LogP contribution in [0, 0.1) is 13.8 Å². The van der Waals surface area contributed by atoms with Gasteiger partial charge in [-0.15, -0.1) is 0 Å². The predicted octanol–water partition coefficient (Wildman–Crippen LogP) is 1.65. The van der Waals surface area contributed by atoms with E-state index in [0.717, 1.165) is 5.69 Å². The van der Waals surface area contributed by atoms with Crippen LogP contribution in [0.25, 0.3) is 0 Å². The summed E-state index contributed by atoms with van der Waals surface area (Å²) in [6.45, 7) is 4.08. The molecule has 106 valence electrons. The van der Waals surface area contributed by atoms with E-state index in [2.05, 4.69) is 15.0 Å². The van der Waals surface area contributed by atoms with Crippen molar-refractivity contribution in [1.82, 2.24) is 15.0 Å². The number of pyridine rings is 1. The number of aromatic nitrogens is 3. The summed E-state index contributed by atoms with van der Waals surface area (Å²) in [5, 5.41) is 0.286. The zero-order chi connectivity index (χ0) is 14.9. The summed E-state index contributed by atoms with van der Waals surface area (Å²) in [5.41, 5.74) is 7.85. The smallest absolute Gasteiger partial charge is 0.223 e. The van der Waals surface area contributed by atoms with Gasteiger partial charge in [-0.2, -0.15) is 4.98 Å². The van der Waals surface area contributed by atoms with Crippen molar-refractivity contribution in [3.8, 4) is 0 Å². The van der Waals surface area contributed by atoms with E-state index < -0.39 is 0 Å². The van der Waals surface area contributed by atoms with Crippen LogP contribution in [0.3, 0.4) is 0 Å². The number of nitrogens with two attached hydrogens (primary N) is 1. The van der Waals surface area contributed by atoms with Crippen LogP contribution in [0.5, 0.6) is 0 Å². The van der Waals surface area contributed by atoms with Crippen LogP contribution < -0.4 is 16.1 Å². The van der Waals surface area contributed by atoms with Crippen LogP contribution in [0.4, 0.5) is 11.8 Å². The molecule has 2 aromatic rings. The van der Waals surface area contributed by atoms with Gasteiger partial charge in [0.15, 0.2) is 5.43 Å². The molecule has 2 rings (SSSR count). The standard InChI is InChI=1S/C13H16ClN5O/c1-7-5-16-9(8(2)12(7)20)6-19(3)11-4-10(14)17-13(15)18-11/h4-5H,6H2,1-3H3,(H,16,20)(H2,15,17,18). The molecular weight excluding hydrogens is 278 g/mol. The number of aromatic amines is 1. The Balaban J connectivity index is 2.30. The van der Waals surface area contributed by atoms with E-state index in [0.29, 0.717) is 23.5 Å². The molecule has 0 unspecified atom stereocenters. The highest BCUT2D eigenvalue weighted by Crippen LogP contribution is 2.17. The first-order valence-corrected chi connectivity index (χ1v) is 6.45. The first kappa shape index (κ1) is 14.3. The Bertz CT molecular complexity index is 677. The molecule has 6 nitrogen and oxygen atoms in total. The Morgan fingerprint density at radius 3 is 2.75 bits per heavy atom. The molecule has 0 aliphatic heterocycles. The van der Waals surface area contributed by atoms with Gasteiger partial charge in [0.05, 0.1) is 6.54 Å². The summed E-state index contributed by atoms with van der Waals surface area (Å²) in [6, 6.07) is 1.62. The largest absolute Gasteiger partial charge is 0.368 e. The van der Waals surface area contributed by atoms with Crippen molar-refractivity contribution < 1.29 is 0 Å². The van der Waals surface area contributed by atoms with Gasteiger partial charge in [-0.3, -0.25) is 4.79 Å². The third-order valence-electron chi connectivity index (χ3n) is 3.10. The number of nitrogen functional groups attached to an aromatic ring is 1. The highest BCUT2D eigenvalue weighted by Gasteiger charge is 2.10. The molecule has 3 N–H and O–H groups in total. The van der Waals surface area contributed by atoms with Gasteiger partial charge in [0.1, 0.15) is 11.0 Å². The monoisotopic (exact) mass is 293 g/mol. The van der Waals surface area contributed by atoms with Gasteiger partial charge in [-0.1, -0.05) is 11.6 Å². The second-order valence-electron chi connectivity index (χ2n) is 4.67. The lowest BCUT2D eigenvalue weighted by molar-refractivity contribution is 0.848. The van der Waals surface area contributed by atoms with E-state index in [1.54, 1.807) is 26.1 Å². The molecule has 0 atom stereocenters. The van der Waals surface area contributed by atoms with E-state index in [4.69, 9.17) is 17.3 Å². The zero-order valence-corrected chi connectivity index (χ0v) is 12.3. The maximum absolute atomic E-state index is 11.9. The molecule has 0 amide bonds. The second-order valence-corrected chi connectivity index (χ2v) is 5.05. The number of anilines is 2. The molecule has 0 saturated heterocycles. The Morgan fingerprint density at radius 2 is 2.10 bits per heavy atom. The highest BCUT2D eigenvalue weighted by atomic mass is 35.5. The van der Waals surface area contributed by atoms with E-state index in [1.807, 2.05) is 11.9 Å². The summed E-state index contributed by atoms with van der Waals surface area (Å²) in [5.74, 6) is 0.719. The molecule has 0 spiro atoms. The number of hydrogen-bond acceptors (Lipinski definition) is 5. The van der Waals surface area contributed by atoms with E-state index in [9.17, 15) is 4.79 Å². The summed E-state index contributed by atoms with van der Waals surface area (Å²) in [7, 11) is 1.84. The molecule has 0 saturated carbocycles. The Kier molecular flexibility index (Phi) is 3.94. The van der Waals surface area contributed by atoms with E-state index >= 15 is 0 Å². The molecule has 2 aromatic heterocycles. The van der Waals surface area contributed by atoms with Crippen LogP contribution in [-0.4, -0.2) is 22.0 Å². The van der Waals surface area contributed by atoms with E-state index in [1.165, 1.54) is 0 Å². The lowest BCUT2D eigenvalue weighted by Gasteiger charge is -2.19. The van der Waals surface area contributed by atoms with Crippen LogP contribution in [0.1, 0.15) is 16.8 Å². The van der Waals surface area contributed by atoms with Crippen LogP contribution in [0.15, 0.2) is 17.1 Å². The molecule has 0 aliphatic carbocycles. The summed E-state index contributed by atoms with van der Waals surface area (Å²) in [6.07, 6.45) is 1.71. The van der Waals surface area contributed by atoms with Gasteiger partial charge >= 0.3 is 0 Å². The molecule has 7 heteroatoms. The summed E-state index contributed by atoms with van der Waals surface area (Å²) < 4.78 is 0. The van der Waals surface area contributed by atoms with Gasteiger partial charge in [0.25, 0.3) is 0 Å². The van der Waals surface area contributed by atoms with Crippen LogP contribution in [-0.2, 0) is 6.54 Å². The fourth-order valence-corrected chi connectivity index (χ4v) is 2.09. The van der Waals surface area contributed by atoms with Crippen molar-refractivity contribution in [2.45, 2.75) is 20.4 Å². The van der Waals surface area contributed by atoms with Gasteiger partial charge in [0.2, 0.25) is 5.95 Å². The minimum atomic E-state index is 0.0485. The van der Waals surface area contributed by atoms with Crippen molar-refractivity contribution >= 4 is 23.4 Å². The average molecular weight is 294 g/mol. The van der Waals surface area contributed by atoms with Crippen molar-refractivity contribution in [2.24, 2.45) is 0 Å². The van der Waals surface area contributed by atoms with Gasteiger partial charge in [-0.05, 0) is 13.8 Å². The summed E-state index contributed by atoms with van der Waals surface area (Å²) >= 11 is 5.86. The highest BCUT2D eigenvalue weighted by molar-refractivity contribution is 6.29. The number of halogens is 1. The maximum Gasteiger partial charge on any atom is 0.223 e. The molecule has 0 fully saturated rings. The molecular formula is C13H16ClN5O. The minimum absolute atomic E-state index is 0.0485. The topological polar surface area (TPSA) is 87.9 Å². The number of hydrogen-bond donors (Lipinski definition) is 2. The SMILES string of the molecule is Cc1c[nH]c(CN(C)c2cc(Cl)nc(N)n2)c(C)c1=O. The normalized spacial score (nSPS) is 10.6. The van der Waals surface area contributed by atoms with Crippen molar-refractivity contribution in [3.05, 3.63) is 44.5 Å².